The van der Waals surface area contributed by atoms with E-state index in [9.17, 15) is 0 Å². The maximum absolute atomic E-state index is 7.30. The van der Waals surface area contributed by atoms with Crippen LogP contribution in [0, 0.1) is 0 Å². The molecule has 2 aromatic rings. The smallest absolute Gasteiger partial charge is 0.133 e. The quantitative estimate of drug-likeness (QED) is 0.732. The standard InChI is InChI=1S/C10H11NO/c1-11-7-8-2-3-10-9(6-8)4-5-12-10/h2-6,11H,7H2,1H3/i/hD. The summed E-state index contributed by atoms with van der Waals surface area (Å²) in [5.41, 5.74) is 2.03. The van der Waals surface area contributed by atoms with Crippen molar-refractivity contribution in [2.75, 3.05) is 7.05 Å². The number of fused-ring (bicyclic) bond motifs is 1. The van der Waals surface area contributed by atoms with E-state index in [0.717, 1.165) is 16.5 Å². The third kappa shape index (κ3) is 1.21. The zero-order valence-electron chi connectivity index (χ0n) is 7.95. The van der Waals surface area contributed by atoms with Crippen LogP contribution in [0.15, 0.2) is 34.9 Å². The molecule has 0 unspecified atom stereocenters. The van der Waals surface area contributed by atoms with Gasteiger partial charge in [-0.05, 0) is 30.8 Å². The molecule has 1 aromatic heterocycles. The molecule has 0 amide bonds. The zero-order chi connectivity index (χ0) is 9.26. The van der Waals surface area contributed by atoms with Gasteiger partial charge in [-0.2, -0.15) is 0 Å². The van der Waals surface area contributed by atoms with E-state index in [-0.39, 0.29) is 0 Å². The Morgan fingerprint density at radius 3 is 3.25 bits per heavy atom. The lowest BCUT2D eigenvalue weighted by Crippen LogP contribution is -2.04. The first-order chi connectivity index (χ1) is 6.25. The molecule has 1 aromatic carbocycles. The molecule has 62 valence electrons. The van der Waals surface area contributed by atoms with Gasteiger partial charge in [-0.15, -0.1) is 0 Å². The van der Waals surface area contributed by atoms with Crippen LogP contribution in [0.25, 0.3) is 11.0 Å². The van der Waals surface area contributed by atoms with E-state index in [2.05, 4.69) is 0 Å². The average Bonchev–Trinajstić information content (AvgIpc) is 2.49. The van der Waals surface area contributed by atoms with Gasteiger partial charge in [0.15, 0.2) is 0 Å². The molecule has 2 rings (SSSR count). The summed E-state index contributed by atoms with van der Waals surface area (Å²) in [6.45, 7) is 0.640. The van der Waals surface area contributed by atoms with Crippen molar-refractivity contribution < 1.29 is 5.83 Å². The third-order valence-corrected chi connectivity index (χ3v) is 1.86. The normalized spacial score (nSPS) is 12.3. The largest absolute Gasteiger partial charge is 0.464 e. The van der Waals surface area contributed by atoms with Crippen LogP contribution in [0.1, 0.15) is 5.56 Å². The number of benzene rings is 1. The fraction of sp³-hybridized carbons (Fsp3) is 0.200. The lowest BCUT2D eigenvalue weighted by atomic mass is 10.1. The minimum Gasteiger partial charge on any atom is -0.464 e. The highest BCUT2D eigenvalue weighted by Crippen LogP contribution is 2.16. The second-order valence-electron chi connectivity index (χ2n) is 2.77. The van der Waals surface area contributed by atoms with Crippen LogP contribution >= 0.6 is 0 Å². The van der Waals surface area contributed by atoms with Gasteiger partial charge in [0.2, 0.25) is 0 Å². The van der Waals surface area contributed by atoms with Crippen molar-refractivity contribution in [2.45, 2.75) is 6.54 Å². The number of rotatable bonds is 2. The van der Waals surface area contributed by atoms with Gasteiger partial charge in [-0.1, -0.05) is 6.07 Å². The van der Waals surface area contributed by atoms with Crippen LogP contribution in [0.2, 0.25) is 1.41 Å². The van der Waals surface area contributed by atoms with Gasteiger partial charge in [0.25, 0.3) is 0 Å². The highest BCUT2D eigenvalue weighted by Gasteiger charge is 1.96. The first-order valence-electron chi connectivity index (χ1n) is 4.36. The SMILES string of the molecule is [2H]N(C)Cc1ccc2occc2c1. The molecule has 0 spiro atoms. The average molecular weight is 162 g/mol. The predicted octanol–water partition coefficient (Wildman–Crippen LogP) is 2.15. The van der Waals surface area contributed by atoms with Crippen molar-refractivity contribution >= 4 is 11.0 Å². The summed E-state index contributed by atoms with van der Waals surface area (Å²) in [6, 6.07) is 7.90. The topological polar surface area (TPSA) is 25.2 Å². The molecule has 2 heteroatoms. The summed E-state index contributed by atoms with van der Waals surface area (Å²) in [6.07, 6.45) is 1.68. The Hall–Kier alpha value is -1.28. The fourth-order valence-corrected chi connectivity index (χ4v) is 1.30. The van der Waals surface area contributed by atoms with E-state index >= 15 is 0 Å². The van der Waals surface area contributed by atoms with E-state index in [1.165, 1.54) is 5.31 Å². The van der Waals surface area contributed by atoms with E-state index in [4.69, 9.17) is 5.83 Å². The van der Waals surface area contributed by atoms with Crippen LogP contribution < -0.4 is 5.31 Å². The van der Waals surface area contributed by atoms with Crippen molar-refractivity contribution in [2.24, 2.45) is 0 Å². The molecule has 1 heterocycles. The third-order valence-electron chi connectivity index (χ3n) is 1.86. The summed E-state index contributed by atoms with van der Waals surface area (Å²) >= 11 is 0. The van der Waals surface area contributed by atoms with Crippen LogP contribution in [0.5, 0.6) is 0 Å². The Bertz CT molecular complexity index is 408. The molecular formula is C10H11NO. The molecular weight excluding hydrogens is 150 g/mol. The van der Waals surface area contributed by atoms with E-state index in [1.54, 1.807) is 13.3 Å². The van der Waals surface area contributed by atoms with Crippen molar-refractivity contribution in [1.29, 1.82) is 0 Å². The summed E-state index contributed by atoms with van der Waals surface area (Å²) < 4.78 is 12.5. The number of nitrogens with one attached hydrogen (secondary N) is 1. The molecule has 0 saturated heterocycles. The van der Waals surface area contributed by atoms with Gasteiger partial charge < -0.3 is 9.73 Å². The molecule has 0 bridgehead atoms. The lowest BCUT2D eigenvalue weighted by Gasteiger charge is -1.98. The first-order valence-corrected chi connectivity index (χ1v) is 3.92. The molecule has 1 N–H and O–H groups in total. The van der Waals surface area contributed by atoms with Crippen LogP contribution in [-0.4, -0.2) is 7.05 Å². The van der Waals surface area contributed by atoms with Gasteiger partial charge in [0.05, 0.1) is 6.26 Å². The fourth-order valence-electron chi connectivity index (χ4n) is 1.30. The van der Waals surface area contributed by atoms with Gasteiger partial charge in [-0.25, -0.2) is 0 Å². The minimum absolute atomic E-state index is 0.640. The van der Waals surface area contributed by atoms with Gasteiger partial charge in [-0.3, -0.25) is 0 Å². The first kappa shape index (κ1) is 6.26. The van der Waals surface area contributed by atoms with Crippen molar-refractivity contribution in [3.63, 3.8) is 0 Å². The monoisotopic (exact) mass is 162 g/mol. The second kappa shape index (κ2) is 2.99. The Kier molecular flexibility index (Phi) is 1.56. The lowest BCUT2D eigenvalue weighted by molar-refractivity contribution is 0.615. The van der Waals surface area contributed by atoms with Gasteiger partial charge in [0.1, 0.15) is 6.99 Å². The van der Waals surface area contributed by atoms with Crippen LogP contribution in [-0.2, 0) is 6.54 Å². The summed E-state index contributed by atoms with van der Waals surface area (Å²) in [7, 11) is 1.74. The van der Waals surface area contributed by atoms with Crippen LogP contribution in [0.3, 0.4) is 0 Å². The van der Waals surface area contributed by atoms with E-state index < -0.39 is 0 Å². The number of hydrogen-bond acceptors (Lipinski definition) is 2. The maximum Gasteiger partial charge on any atom is 0.133 e. The Morgan fingerprint density at radius 1 is 1.50 bits per heavy atom. The molecule has 0 atom stereocenters. The zero-order valence-corrected chi connectivity index (χ0v) is 6.95. The van der Waals surface area contributed by atoms with E-state index in [0.29, 0.717) is 6.54 Å². The highest BCUT2D eigenvalue weighted by molar-refractivity contribution is 5.77. The molecule has 0 saturated carbocycles. The maximum atomic E-state index is 7.30. The Labute approximate surface area is 72.7 Å². The summed E-state index contributed by atoms with van der Waals surface area (Å²) in [5.74, 6) is 0. The molecule has 0 aliphatic heterocycles. The molecule has 0 aliphatic carbocycles. The van der Waals surface area contributed by atoms with Crippen molar-refractivity contribution in [1.82, 2.24) is 5.31 Å². The molecule has 0 aliphatic rings. The highest BCUT2D eigenvalue weighted by atomic mass is 16.3. The van der Waals surface area contributed by atoms with Gasteiger partial charge >= 0.3 is 0 Å². The van der Waals surface area contributed by atoms with E-state index in [1.807, 2.05) is 24.3 Å². The number of hydrogen-bond donors (Lipinski definition) is 1. The van der Waals surface area contributed by atoms with Crippen molar-refractivity contribution in [3.05, 3.63) is 36.1 Å². The molecule has 0 fully saturated rings. The van der Waals surface area contributed by atoms with Crippen LogP contribution in [0.4, 0.5) is 0 Å². The summed E-state index contributed by atoms with van der Waals surface area (Å²) in [4.78, 5) is 0. The summed E-state index contributed by atoms with van der Waals surface area (Å²) in [5, 5.41) is 2.50. The van der Waals surface area contributed by atoms with Crippen molar-refractivity contribution in [3.8, 4) is 0 Å². The molecule has 0 radical (unpaired) electrons. The van der Waals surface area contributed by atoms with Gasteiger partial charge in [0, 0.05) is 11.9 Å². The Balaban J connectivity index is 2.37. The second-order valence-corrected chi connectivity index (χ2v) is 2.77. The number of furan rings is 1. The molecule has 2 nitrogen and oxygen atoms in total. The Morgan fingerprint density at radius 2 is 2.42 bits per heavy atom. The predicted molar refractivity (Wildman–Crippen MR) is 49.0 cm³/mol. The minimum atomic E-state index is 0.640. The molecule has 12 heavy (non-hydrogen) atoms.